The maximum absolute atomic E-state index is 13.1. The minimum Gasteiger partial charge on any atom is -0.312 e. The van der Waals surface area contributed by atoms with E-state index in [-0.39, 0.29) is 17.1 Å². The van der Waals surface area contributed by atoms with Crippen LogP contribution in [0.15, 0.2) is 18.2 Å². The molecule has 1 N–H and O–H groups in total. The van der Waals surface area contributed by atoms with Gasteiger partial charge in [-0.15, -0.1) is 0 Å². The molecule has 0 aliphatic rings. The molecule has 0 amide bonds. The lowest BCUT2D eigenvalue weighted by Gasteiger charge is -2.05. The van der Waals surface area contributed by atoms with E-state index >= 15 is 0 Å². The standard InChI is InChI=1S/C12H15FN2O2S/c1-2-18(16,17)4-3-15-9-11-5-10(8-14)6-12(13)7-11/h5-7,15H,2-4,9H2,1H3. The summed E-state index contributed by atoms with van der Waals surface area (Å²) in [6, 6.07) is 5.92. The van der Waals surface area contributed by atoms with Gasteiger partial charge in [-0.3, -0.25) is 0 Å². The Morgan fingerprint density at radius 3 is 2.72 bits per heavy atom. The van der Waals surface area contributed by atoms with Gasteiger partial charge in [0.25, 0.3) is 0 Å². The van der Waals surface area contributed by atoms with E-state index in [0.29, 0.717) is 18.7 Å². The van der Waals surface area contributed by atoms with Crippen LogP contribution in [0.4, 0.5) is 4.39 Å². The van der Waals surface area contributed by atoms with Crippen molar-refractivity contribution in [2.75, 3.05) is 18.1 Å². The summed E-state index contributed by atoms with van der Waals surface area (Å²) in [6.07, 6.45) is 0. The largest absolute Gasteiger partial charge is 0.312 e. The van der Waals surface area contributed by atoms with Crippen molar-refractivity contribution in [2.24, 2.45) is 0 Å². The first-order chi connectivity index (χ1) is 8.46. The highest BCUT2D eigenvalue weighted by Gasteiger charge is 2.06. The summed E-state index contributed by atoms with van der Waals surface area (Å²) in [4.78, 5) is 0. The van der Waals surface area contributed by atoms with Crippen molar-refractivity contribution in [3.8, 4) is 6.07 Å². The highest BCUT2D eigenvalue weighted by Crippen LogP contribution is 2.08. The van der Waals surface area contributed by atoms with Gasteiger partial charge in [-0.05, 0) is 23.8 Å². The fraction of sp³-hybridized carbons (Fsp3) is 0.417. The van der Waals surface area contributed by atoms with E-state index in [1.54, 1.807) is 13.0 Å². The Balaban J connectivity index is 2.50. The second kappa shape index (κ2) is 6.47. The predicted molar refractivity (Wildman–Crippen MR) is 67.1 cm³/mol. The van der Waals surface area contributed by atoms with Gasteiger partial charge in [-0.25, -0.2) is 12.8 Å². The van der Waals surface area contributed by atoms with E-state index in [9.17, 15) is 12.8 Å². The molecule has 0 saturated heterocycles. The summed E-state index contributed by atoms with van der Waals surface area (Å²) in [5.41, 5.74) is 0.883. The molecule has 0 aliphatic heterocycles. The minimum absolute atomic E-state index is 0.0594. The lowest BCUT2D eigenvalue weighted by molar-refractivity contribution is 0.591. The Bertz CT molecular complexity index is 550. The summed E-state index contributed by atoms with van der Waals surface area (Å²) in [6.45, 7) is 2.25. The molecule has 1 aromatic rings. The van der Waals surface area contributed by atoms with Crippen LogP contribution in [0.2, 0.25) is 0 Å². The fourth-order valence-electron chi connectivity index (χ4n) is 1.42. The SMILES string of the molecule is CCS(=O)(=O)CCNCc1cc(F)cc(C#N)c1. The van der Waals surface area contributed by atoms with E-state index in [0.717, 1.165) is 6.07 Å². The van der Waals surface area contributed by atoms with E-state index in [4.69, 9.17) is 5.26 Å². The van der Waals surface area contributed by atoms with Crippen molar-refractivity contribution in [1.29, 1.82) is 5.26 Å². The van der Waals surface area contributed by atoms with Crippen LogP contribution < -0.4 is 5.32 Å². The third-order valence-corrected chi connectivity index (χ3v) is 4.15. The topological polar surface area (TPSA) is 70.0 Å². The van der Waals surface area contributed by atoms with Crippen LogP contribution in [0.25, 0.3) is 0 Å². The predicted octanol–water partition coefficient (Wildman–Crippen LogP) is 1.22. The molecule has 0 fully saturated rings. The van der Waals surface area contributed by atoms with Crippen LogP contribution in [0.5, 0.6) is 0 Å². The summed E-state index contributed by atoms with van der Waals surface area (Å²) in [5, 5.41) is 11.6. The highest BCUT2D eigenvalue weighted by molar-refractivity contribution is 7.91. The van der Waals surface area contributed by atoms with Crippen molar-refractivity contribution in [2.45, 2.75) is 13.5 Å². The smallest absolute Gasteiger partial charge is 0.151 e. The second-order valence-corrected chi connectivity index (χ2v) is 6.35. The maximum Gasteiger partial charge on any atom is 0.151 e. The first-order valence-corrected chi connectivity index (χ1v) is 7.39. The Hall–Kier alpha value is -1.45. The molecule has 18 heavy (non-hydrogen) atoms. The van der Waals surface area contributed by atoms with Gasteiger partial charge in [0.1, 0.15) is 5.82 Å². The molecule has 1 aromatic carbocycles. The van der Waals surface area contributed by atoms with Crippen LogP contribution in [-0.2, 0) is 16.4 Å². The third kappa shape index (κ3) is 4.82. The fourth-order valence-corrected chi connectivity index (χ4v) is 2.17. The molecule has 0 atom stereocenters. The maximum atomic E-state index is 13.1. The van der Waals surface area contributed by atoms with Gasteiger partial charge in [-0.1, -0.05) is 6.92 Å². The van der Waals surface area contributed by atoms with Crippen LogP contribution in [0.1, 0.15) is 18.1 Å². The van der Waals surface area contributed by atoms with E-state index in [2.05, 4.69) is 5.32 Å². The summed E-state index contributed by atoms with van der Waals surface area (Å²) >= 11 is 0. The van der Waals surface area contributed by atoms with E-state index in [1.807, 2.05) is 6.07 Å². The zero-order valence-electron chi connectivity index (χ0n) is 10.1. The number of nitrogens with zero attached hydrogens (tertiary/aromatic N) is 1. The zero-order chi connectivity index (χ0) is 13.6. The summed E-state index contributed by atoms with van der Waals surface area (Å²) < 4.78 is 35.5. The van der Waals surface area contributed by atoms with Crippen LogP contribution >= 0.6 is 0 Å². The number of rotatable bonds is 6. The number of nitriles is 1. The highest BCUT2D eigenvalue weighted by atomic mass is 32.2. The van der Waals surface area contributed by atoms with Gasteiger partial charge < -0.3 is 5.32 Å². The van der Waals surface area contributed by atoms with E-state index < -0.39 is 15.7 Å². The number of halogens is 1. The number of nitrogens with one attached hydrogen (secondary N) is 1. The van der Waals surface area contributed by atoms with Crippen molar-refractivity contribution in [3.63, 3.8) is 0 Å². The van der Waals surface area contributed by atoms with Crippen molar-refractivity contribution in [3.05, 3.63) is 35.1 Å². The molecule has 1 rings (SSSR count). The van der Waals surface area contributed by atoms with Gasteiger partial charge in [0.05, 0.1) is 17.4 Å². The Labute approximate surface area is 106 Å². The Kier molecular flexibility index (Phi) is 5.25. The van der Waals surface area contributed by atoms with Gasteiger partial charge in [0.15, 0.2) is 9.84 Å². The number of hydrogen-bond acceptors (Lipinski definition) is 4. The van der Waals surface area contributed by atoms with Crippen LogP contribution in [-0.4, -0.2) is 26.5 Å². The van der Waals surface area contributed by atoms with Gasteiger partial charge >= 0.3 is 0 Å². The third-order valence-electron chi connectivity index (χ3n) is 2.45. The monoisotopic (exact) mass is 270 g/mol. The van der Waals surface area contributed by atoms with Crippen molar-refractivity contribution < 1.29 is 12.8 Å². The van der Waals surface area contributed by atoms with Gasteiger partial charge in [-0.2, -0.15) is 5.26 Å². The zero-order valence-corrected chi connectivity index (χ0v) is 10.9. The summed E-state index contributed by atoms with van der Waals surface area (Å²) in [7, 11) is -2.98. The van der Waals surface area contributed by atoms with Crippen molar-refractivity contribution >= 4 is 9.84 Å². The molecule has 0 heterocycles. The lowest BCUT2D eigenvalue weighted by atomic mass is 10.1. The second-order valence-electron chi connectivity index (χ2n) is 3.87. The first kappa shape index (κ1) is 14.6. The molecular formula is C12H15FN2O2S. The average Bonchev–Trinajstić information content (AvgIpc) is 2.34. The average molecular weight is 270 g/mol. The van der Waals surface area contributed by atoms with Crippen LogP contribution in [0, 0.1) is 17.1 Å². The molecular weight excluding hydrogens is 255 g/mol. The molecule has 0 spiro atoms. The lowest BCUT2D eigenvalue weighted by Crippen LogP contribution is -2.23. The van der Waals surface area contributed by atoms with Crippen LogP contribution in [0.3, 0.4) is 0 Å². The minimum atomic E-state index is -2.98. The molecule has 6 heteroatoms. The molecule has 0 bridgehead atoms. The molecule has 98 valence electrons. The molecule has 0 aromatic heterocycles. The number of sulfone groups is 1. The molecule has 0 unspecified atom stereocenters. The van der Waals surface area contributed by atoms with E-state index in [1.165, 1.54) is 6.07 Å². The molecule has 0 radical (unpaired) electrons. The first-order valence-electron chi connectivity index (χ1n) is 5.57. The van der Waals surface area contributed by atoms with Crippen molar-refractivity contribution in [1.82, 2.24) is 5.32 Å². The number of hydrogen-bond donors (Lipinski definition) is 1. The Morgan fingerprint density at radius 1 is 1.39 bits per heavy atom. The van der Waals surface area contributed by atoms with Gasteiger partial charge in [0, 0.05) is 18.8 Å². The summed E-state index contributed by atoms with van der Waals surface area (Å²) in [5.74, 6) is -0.288. The molecule has 0 saturated carbocycles. The quantitative estimate of drug-likeness (QED) is 0.789. The molecule has 4 nitrogen and oxygen atoms in total. The normalized spacial score (nSPS) is 11.2. The Morgan fingerprint density at radius 2 is 2.11 bits per heavy atom. The van der Waals surface area contributed by atoms with Gasteiger partial charge in [0.2, 0.25) is 0 Å². The number of benzene rings is 1. The molecule has 0 aliphatic carbocycles.